The predicted molar refractivity (Wildman–Crippen MR) is 84.3 cm³/mol. The van der Waals surface area contributed by atoms with Gasteiger partial charge in [0, 0.05) is 25.0 Å². The van der Waals surface area contributed by atoms with Gasteiger partial charge in [-0.2, -0.15) is 12.7 Å². The largest absolute Gasteiger partial charge is 0.279 e. The van der Waals surface area contributed by atoms with E-state index in [0.717, 1.165) is 38.5 Å². The highest BCUT2D eigenvalue weighted by atomic mass is 32.2. The van der Waals surface area contributed by atoms with Crippen LogP contribution in [0.2, 0.25) is 0 Å². The van der Waals surface area contributed by atoms with Crippen LogP contribution >= 0.6 is 0 Å². The molecule has 1 aliphatic carbocycles. The Hall–Kier alpha value is -0.910. The summed E-state index contributed by atoms with van der Waals surface area (Å²) in [5.41, 5.74) is 1.28. The lowest BCUT2D eigenvalue weighted by Gasteiger charge is -2.23. The van der Waals surface area contributed by atoms with Crippen LogP contribution in [0, 0.1) is 0 Å². The quantitative estimate of drug-likeness (QED) is 0.908. The number of rotatable bonds is 5. The van der Waals surface area contributed by atoms with Gasteiger partial charge >= 0.3 is 0 Å². The van der Waals surface area contributed by atoms with Crippen LogP contribution in [0.3, 0.4) is 0 Å². The second kappa shape index (κ2) is 6.07. The van der Waals surface area contributed by atoms with Crippen molar-refractivity contribution in [3.8, 4) is 0 Å². The van der Waals surface area contributed by atoms with Crippen molar-refractivity contribution in [2.24, 2.45) is 0 Å². The second-order valence-electron chi connectivity index (χ2n) is 6.29. The standard InChI is InChI=1S/C16H24N2O2S/c19-21(20,18-12-6-1-2-7-13-18)17-14-16(10-11-16)15-8-4-3-5-9-15/h3-5,8-9,17H,1-2,6-7,10-14H2. The number of hydrogen-bond donors (Lipinski definition) is 1. The fourth-order valence-electron chi connectivity index (χ4n) is 3.11. The van der Waals surface area contributed by atoms with E-state index in [1.165, 1.54) is 5.56 Å². The maximum absolute atomic E-state index is 12.5. The molecule has 116 valence electrons. The molecule has 1 saturated heterocycles. The van der Waals surface area contributed by atoms with Gasteiger partial charge in [0.15, 0.2) is 0 Å². The van der Waals surface area contributed by atoms with Crippen molar-refractivity contribution in [3.63, 3.8) is 0 Å². The molecule has 0 radical (unpaired) electrons. The Morgan fingerprint density at radius 2 is 1.62 bits per heavy atom. The van der Waals surface area contributed by atoms with Gasteiger partial charge in [-0.3, -0.25) is 0 Å². The minimum absolute atomic E-state index is 0.0280. The number of nitrogens with one attached hydrogen (secondary N) is 1. The molecule has 0 spiro atoms. The Morgan fingerprint density at radius 1 is 1.00 bits per heavy atom. The van der Waals surface area contributed by atoms with Gasteiger partial charge < -0.3 is 0 Å². The maximum Gasteiger partial charge on any atom is 0.279 e. The second-order valence-corrected chi connectivity index (χ2v) is 8.04. The lowest BCUT2D eigenvalue weighted by molar-refractivity contribution is 0.412. The zero-order valence-electron chi connectivity index (χ0n) is 12.4. The van der Waals surface area contributed by atoms with Gasteiger partial charge in [-0.15, -0.1) is 0 Å². The summed E-state index contributed by atoms with van der Waals surface area (Å²) in [7, 11) is -3.32. The summed E-state index contributed by atoms with van der Waals surface area (Å²) in [6, 6.07) is 10.3. The van der Waals surface area contributed by atoms with Crippen molar-refractivity contribution in [1.29, 1.82) is 0 Å². The van der Waals surface area contributed by atoms with E-state index in [1.807, 2.05) is 18.2 Å². The molecule has 1 N–H and O–H groups in total. The third kappa shape index (κ3) is 3.47. The molecule has 0 aromatic heterocycles. The van der Waals surface area contributed by atoms with Crippen molar-refractivity contribution in [3.05, 3.63) is 35.9 Å². The normalized spacial score (nSPS) is 22.7. The van der Waals surface area contributed by atoms with Crippen LogP contribution in [0.25, 0.3) is 0 Å². The van der Waals surface area contributed by atoms with Gasteiger partial charge in [-0.25, -0.2) is 4.72 Å². The van der Waals surface area contributed by atoms with Gasteiger partial charge in [0.25, 0.3) is 10.2 Å². The Balaban J connectivity index is 1.64. The molecule has 21 heavy (non-hydrogen) atoms. The van der Waals surface area contributed by atoms with Crippen LogP contribution in [0.1, 0.15) is 44.1 Å². The summed E-state index contributed by atoms with van der Waals surface area (Å²) in [4.78, 5) is 0. The lowest BCUT2D eigenvalue weighted by Crippen LogP contribution is -2.44. The molecule has 0 unspecified atom stereocenters. The van der Waals surface area contributed by atoms with Gasteiger partial charge in [0.05, 0.1) is 0 Å². The average molecular weight is 308 g/mol. The third-order valence-corrected chi connectivity index (χ3v) is 6.29. The first-order valence-corrected chi connectivity index (χ1v) is 9.37. The minimum atomic E-state index is -3.32. The van der Waals surface area contributed by atoms with E-state index >= 15 is 0 Å². The number of hydrogen-bond acceptors (Lipinski definition) is 2. The number of benzene rings is 1. The maximum atomic E-state index is 12.5. The van der Waals surface area contributed by atoms with Crippen LogP contribution < -0.4 is 4.72 Å². The van der Waals surface area contributed by atoms with Crippen LogP contribution in [0.15, 0.2) is 30.3 Å². The van der Waals surface area contributed by atoms with E-state index in [4.69, 9.17) is 0 Å². The zero-order valence-corrected chi connectivity index (χ0v) is 13.2. The Labute approximate surface area is 127 Å². The molecule has 0 atom stereocenters. The van der Waals surface area contributed by atoms with Gasteiger partial charge in [-0.1, -0.05) is 43.2 Å². The van der Waals surface area contributed by atoms with Crippen molar-refractivity contribution in [2.75, 3.05) is 19.6 Å². The minimum Gasteiger partial charge on any atom is -0.201 e. The highest BCUT2D eigenvalue weighted by Crippen LogP contribution is 2.47. The van der Waals surface area contributed by atoms with Crippen LogP contribution in [-0.2, 0) is 15.6 Å². The van der Waals surface area contributed by atoms with Gasteiger partial charge in [0.1, 0.15) is 0 Å². The Kier molecular flexibility index (Phi) is 4.33. The van der Waals surface area contributed by atoms with E-state index in [1.54, 1.807) is 4.31 Å². The average Bonchev–Trinajstić information content (AvgIpc) is 3.31. The van der Waals surface area contributed by atoms with E-state index < -0.39 is 10.2 Å². The zero-order chi connectivity index (χ0) is 14.8. The number of nitrogens with zero attached hydrogens (tertiary/aromatic N) is 1. The first kappa shape index (κ1) is 15.0. The molecule has 1 heterocycles. The lowest BCUT2D eigenvalue weighted by atomic mass is 9.96. The first-order chi connectivity index (χ1) is 10.1. The molecule has 1 aromatic carbocycles. The highest BCUT2D eigenvalue weighted by Gasteiger charge is 2.45. The molecule has 5 heteroatoms. The van der Waals surface area contributed by atoms with E-state index in [2.05, 4.69) is 16.9 Å². The molecular weight excluding hydrogens is 284 g/mol. The van der Waals surface area contributed by atoms with Crippen LogP contribution in [0.5, 0.6) is 0 Å². The van der Waals surface area contributed by atoms with Gasteiger partial charge in [-0.05, 0) is 31.2 Å². The molecule has 3 rings (SSSR count). The topological polar surface area (TPSA) is 49.4 Å². The van der Waals surface area contributed by atoms with Crippen molar-refractivity contribution in [2.45, 2.75) is 43.9 Å². The third-order valence-electron chi connectivity index (χ3n) is 4.74. The first-order valence-electron chi connectivity index (χ1n) is 7.93. The molecule has 1 aliphatic heterocycles. The molecule has 2 fully saturated rings. The monoisotopic (exact) mass is 308 g/mol. The highest BCUT2D eigenvalue weighted by molar-refractivity contribution is 7.87. The molecule has 0 amide bonds. The summed E-state index contributed by atoms with van der Waals surface area (Å²) < 4.78 is 29.4. The fourth-order valence-corrected chi connectivity index (χ4v) is 4.49. The molecule has 2 aliphatic rings. The Bertz CT molecular complexity index is 559. The SMILES string of the molecule is O=S(=O)(NCC1(c2ccccc2)CC1)N1CCCCCC1. The summed E-state index contributed by atoms with van der Waals surface area (Å²) in [5, 5.41) is 0. The van der Waals surface area contributed by atoms with E-state index in [-0.39, 0.29) is 5.41 Å². The van der Waals surface area contributed by atoms with Gasteiger partial charge in [0.2, 0.25) is 0 Å². The summed E-state index contributed by atoms with van der Waals surface area (Å²) in [5.74, 6) is 0. The fraction of sp³-hybridized carbons (Fsp3) is 0.625. The van der Waals surface area contributed by atoms with E-state index in [0.29, 0.717) is 19.6 Å². The molecule has 4 nitrogen and oxygen atoms in total. The summed E-state index contributed by atoms with van der Waals surface area (Å²) >= 11 is 0. The van der Waals surface area contributed by atoms with Crippen LogP contribution in [-0.4, -0.2) is 32.4 Å². The molecule has 0 bridgehead atoms. The van der Waals surface area contributed by atoms with Crippen molar-refractivity contribution in [1.82, 2.24) is 9.03 Å². The molecular formula is C16H24N2O2S. The van der Waals surface area contributed by atoms with Crippen molar-refractivity contribution >= 4 is 10.2 Å². The summed E-state index contributed by atoms with van der Waals surface area (Å²) in [6.07, 6.45) is 6.37. The summed E-state index contributed by atoms with van der Waals surface area (Å²) in [6.45, 7) is 1.84. The van der Waals surface area contributed by atoms with Crippen LogP contribution in [0.4, 0.5) is 0 Å². The van der Waals surface area contributed by atoms with Crippen molar-refractivity contribution < 1.29 is 8.42 Å². The molecule has 1 saturated carbocycles. The smallest absolute Gasteiger partial charge is 0.201 e. The van der Waals surface area contributed by atoms with E-state index in [9.17, 15) is 8.42 Å². The Morgan fingerprint density at radius 3 is 2.19 bits per heavy atom. The predicted octanol–water partition coefficient (Wildman–Crippen LogP) is 2.43. The molecule has 1 aromatic rings.